The van der Waals surface area contributed by atoms with Crippen molar-refractivity contribution in [1.82, 2.24) is 0 Å². The van der Waals surface area contributed by atoms with Crippen LogP contribution in [0.3, 0.4) is 0 Å². The fourth-order valence-electron chi connectivity index (χ4n) is 5.61. The Kier molecular flexibility index (Phi) is 17.5. The first kappa shape index (κ1) is 44.4. The van der Waals surface area contributed by atoms with Crippen molar-refractivity contribution in [3.63, 3.8) is 0 Å². The monoisotopic (exact) mass is 762 g/mol. The highest BCUT2D eigenvalue weighted by Gasteiger charge is 2.45. The molecule has 0 bridgehead atoms. The van der Waals surface area contributed by atoms with Gasteiger partial charge in [-0.1, -0.05) is 75.2 Å². The Bertz CT molecular complexity index is 1470. The van der Waals surface area contributed by atoms with Gasteiger partial charge >= 0.3 is 29.5 Å². The van der Waals surface area contributed by atoms with Gasteiger partial charge in [-0.15, -0.1) is 0 Å². The highest BCUT2D eigenvalue weighted by atomic mass is 28.4. The second kappa shape index (κ2) is 20.5. The number of anilines is 2. The first-order chi connectivity index (χ1) is 24.6. The maximum atomic E-state index is 14.6. The Hall–Kier alpha value is -3.75. The molecule has 2 amide bonds. The summed E-state index contributed by atoms with van der Waals surface area (Å²) < 4.78 is 33.7. The summed E-state index contributed by atoms with van der Waals surface area (Å²) in [7, 11) is 1.57. The molecule has 0 aliphatic rings. The number of para-hydroxylation sites is 2. The third kappa shape index (κ3) is 12.2. The number of carboxylic acids is 2. The lowest BCUT2D eigenvalue weighted by Gasteiger charge is -2.34. The van der Waals surface area contributed by atoms with Crippen molar-refractivity contribution >= 4 is 52.7 Å². The predicted octanol–water partition coefficient (Wildman–Crippen LogP) is 4.82. The van der Waals surface area contributed by atoms with Crippen LogP contribution in [0.5, 0.6) is 0 Å². The van der Waals surface area contributed by atoms with Crippen molar-refractivity contribution in [1.29, 1.82) is 0 Å². The van der Waals surface area contributed by atoms with Gasteiger partial charge in [-0.2, -0.15) is 0 Å². The summed E-state index contributed by atoms with van der Waals surface area (Å²) in [5.74, 6) is -6.54. The van der Waals surface area contributed by atoms with Crippen molar-refractivity contribution in [2.24, 2.45) is 17.3 Å². The van der Waals surface area contributed by atoms with E-state index >= 15 is 0 Å². The number of carboxylic acid groups (broad SMARTS) is 2. The minimum atomic E-state index is -3.47. The highest BCUT2D eigenvalue weighted by Crippen LogP contribution is 2.36. The van der Waals surface area contributed by atoms with Crippen LogP contribution in [0.4, 0.5) is 11.4 Å². The van der Waals surface area contributed by atoms with Gasteiger partial charge in [0.15, 0.2) is 0 Å². The first-order valence-electron chi connectivity index (χ1n) is 16.8. The molecule has 2 atom stereocenters. The Morgan fingerprint density at radius 2 is 1.13 bits per heavy atom. The van der Waals surface area contributed by atoms with Crippen molar-refractivity contribution in [2.75, 3.05) is 64.8 Å². The summed E-state index contributed by atoms with van der Waals surface area (Å²) in [6.45, 7) is 5.82. The topological polar surface area (TPSA) is 171 Å². The van der Waals surface area contributed by atoms with Crippen LogP contribution in [-0.4, -0.2) is 107 Å². The minimum Gasteiger partial charge on any atom is -0.481 e. The first-order valence-corrected chi connectivity index (χ1v) is 20.6. The van der Waals surface area contributed by atoms with E-state index in [1.165, 1.54) is 58.5 Å². The zero-order chi connectivity index (χ0) is 39.1. The Morgan fingerprint density at radius 1 is 0.712 bits per heavy atom. The van der Waals surface area contributed by atoms with E-state index in [2.05, 4.69) is 0 Å². The van der Waals surface area contributed by atoms with E-state index in [0.29, 0.717) is 17.8 Å². The van der Waals surface area contributed by atoms with Crippen molar-refractivity contribution < 1.29 is 55.9 Å². The lowest BCUT2D eigenvalue weighted by molar-refractivity contribution is -0.142. The predicted molar refractivity (Wildman–Crippen MR) is 199 cm³/mol. The molecular formula is C36H54N2O12Si2. The van der Waals surface area contributed by atoms with Crippen molar-refractivity contribution in [2.45, 2.75) is 46.5 Å². The molecule has 2 unspecified atom stereocenters. The summed E-state index contributed by atoms with van der Waals surface area (Å²) in [6.07, 6.45) is 0.768. The average molecular weight is 763 g/mol. The quantitative estimate of drug-likeness (QED) is 0.117. The largest absolute Gasteiger partial charge is 0.521 e. The fourth-order valence-corrected chi connectivity index (χ4v) is 8.86. The zero-order valence-corrected chi connectivity index (χ0v) is 33.6. The summed E-state index contributed by atoms with van der Waals surface area (Å²) in [6, 6.07) is 17.2. The Labute approximate surface area is 308 Å². The van der Waals surface area contributed by atoms with Crippen LogP contribution >= 0.6 is 0 Å². The SMILES string of the molecule is CCC(C)(C)C/C(=C\C(CC(=O)O)C(=O)N(C[Si](OC)(OC)OC)c1ccccc1)C(CC(=O)N(C[Si](OC)(OC)OC)c1ccccc1)C(=O)O. The van der Waals surface area contributed by atoms with Crippen LogP contribution in [0, 0.1) is 17.3 Å². The summed E-state index contributed by atoms with van der Waals surface area (Å²) in [4.78, 5) is 57.0. The second-order valence-electron chi connectivity index (χ2n) is 12.9. The fraction of sp³-hybridized carbons (Fsp3) is 0.500. The van der Waals surface area contributed by atoms with E-state index in [1.54, 1.807) is 60.7 Å². The molecule has 2 aromatic rings. The molecule has 2 rings (SSSR count). The molecule has 0 aliphatic heterocycles. The summed E-state index contributed by atoms with van der Waals surface area (Å²) in [5, 5.41) is 20.8. The van der Waals surface area contributed by atoms with Gasteiger partial charge in [0.1, 0.15) is 0 Å². The maximum Gasteiger partial charge on any atom is 0.521 e. The van der Waals surface area contributed by atoms with Gasteiger partial charge in [0.2, 0.25) is 11.8 Å². The van der Waals surface area contributed by atoms with E-state index in [4.69, 9.17) is 26.6 Å². The molecule has 14 nitrogen and oxygen atoms in total. The normalized spacial score (nSPS) is 13.7. The van der Waals surface area contributed by atoms with Crippen LogP contribution in [0.15, 0.2) is 72.3 Å². The molecule has 288 valence electrons. The van der Waals surface area contributed by atoms with E-state index in [-0.39, 0.29) is 24.3 Å². The molecule has 0 aromatic heterocycles. The van der Waals surface area contributed by atoms with Crippen LogP contribution in [-0.2, 0) is 45.7 Å². The van der Waals surface area contributed by atoms with Gasteiger partial charge in [-0.25, -0.2) is 0 Å². The second-order valence-corrected chi connectivity index (χ2v) is 18.7. The molecule has 2 N–H and O–H groups in total. The molecule has 0 spiro atoms. The average Bonchev–Trinajstić information content (AvgIpc) is 3.15. The number of carbonyl (C=O) groups is 4. The molecule has 52 heavy (non-hydrogen) atoms. The molecule has 0 saturated carbocycles. The molecule has 0 saturated heterocycles. The minimum absolute atomic E-state index is 0.110. The van der Waals surface area contributed by atoms with Gasteiger partial charge in [0.05, 0.1) is 30.6 Å². The van der Waals surface area contributed by atoms with Gasteiger partial charge in [0.25, 0.3) is 0 Å². The van der Waals surface area contributed by atoms with Crippen molar-refractivity contribution in [3.05, 3.63) is 72.3 Å². The number of nitrogens with zero attached hydrogens (tertiary/aromatic N) is 2. The molecule has 0 fully saturated rings. The van der Waals surface area contributed by atoms with E-state index < -0.39 is 71.5 Å². The van der Waals surface area contributed by atoms with Gasteiger partial charge in [-0.05, 0) is 36.1 Å². The standard InChI is InChI=1S/C36H54N2O12Si2/c1-10-36(2,3)24-28(31(35(43)44)23-32(39)37(29-17-13-11-14-18-29)25-51(45-4,46-5)47-6)21-27(22-33(40)41)34(42)38(30-19-15-12-16-20-30)26-52(48-7,49-8)50-9/h11-21,27,31H,10,22-26H2,1-9H3,(H,40,41)(H,43,44)/b28-21+. The van der Waals surface area contributed by atoms with E-state index in [0.717, 1.165) is 0 Å². The number of hydrogen-bond acceptors (Lipinski definition) is 10. The number of hydrogen-bond donors (Lipinski definition) is 2. The maximum absolute atomic E-state index is 14.6. The zero-order valence-electron chi connectivity index (χ0n) is 31.6. The van der Waals surface area contributed by atoms with Crippen LogP contribution in [0.25, 0.3) is 0 Å². The number of carbonyl (C=O) groups excluding carboxylic acids is 2. The number of aliphatic carboxylic acids is 2. The lowest BCUT2D eigenvalue weighted by atomic mass is 9.77. The molecule has 0 radical (unpaired) electrons. The van der Waals surface area contributed by atoms with Gasteiger partial charge < -0.3 is 46.6 Å². The van der Waals surface area contributed by atoms with Crippen LogP contribution < -0.4 is 9.80 Å². The Morgan fingerprint density at radius 3 is 1.52 bits per heavy atom. The molecule has 2 aromatic carbocycles. The molecule has 0 aliphatic carbocycles. The van der Waals surface area contributed by atoms with E-state index in [1.807, 2.05) is 20.8 Å². The highest BCUT2D eigenvalue weighted by molar-refractivity contribution is 6.62. The van der Waals surface area contributed by atoms with Gasteiger partial charge in [-0.3, -0.25) is 19.2 Å². The molecular weight excluding hydrogens is 709 g/mol. The lowest BCUT2D eigenvalue weighted by Crippen LogP contribution is -2.56. The number of rotatable bonds is 23. The Balaban J connectivity index is 2.78. The van der Waals surface area contributed by atoms with Crippen LogP contribution in [0.2, 0.25) is 0 Å². The molecule has 0 heterocycles. The van der Waals surface area contributed by atoms with Crippen LogP contribution in [0.1, 0.15) is 46.5 Å². The van der Waals surface area contributed by atoms with Gasteiger partial charge in [0, 0.05) is 60.5 Å². The molecule has 16 heteroatoms. The number of benzene rings is 2. The van der Waals surface area contributed by atoms with E-state index in [9.17, 15) is 29.4 Å². The third-order valence-electron chi connectivity index (χ3n) is 9.16. The summed E-state index contributed by atoms with van der Waals surface area (Å²) in [5.41, 5.74) is 0.668. The third-order valence-corrected chi connectivity index (χ3v) is 14.3. The smallest absolute Gasteiger partial charge is 0.481 e. The number of amides is 2. The van der Waals surface area contributed by atoms with Crippen molar-refractivity contribution in [3.8, 4) is 0 Å². The summed E-state index contributed by atoms with van der Waals surface area (Å²) >= 11 is 0.